The van der Waals surface area contributed by atoms with Crippen LogP contribution in [0.25, 0.3) is 0 Å². The van der Waals surface area contributed by atoms with Crippen molar-refractivity contribution in [3.05, 3.63) is 12.8 Å². The van der Waals surface area contributed by atoms with E-state index in [2.05, 4.69) is 11.5 Å². The molecule has 0 heterocycles. The van der Waals surface area contributed by atoms with E-state index in [9.17, 15) is 4.53 Å². The minimum atomic E-state index is -1.73. The van der Waals surface area contributed by atoms with Crippen LogP contribution in [0, 0.1) is 0 Å². The van der Waals surface area contributed by atoms with E-state index in [-0.39, 0.29) is 0 Å². The van der Waals surface area contributed by atoms with Gasteiger partial charge in [0.15, 0.2) is 0 Å². The van der Waals surface area contributed by atoms with Gasteiger partial charge in [0.1, 0.15) is 6.26 Å². The molecule has 0 unspecified atom stereocenters. The first-order chi connectivity index (χ1) is 6.76. The van der Waals surface area contributed by atoms with Crippen molar-refractivity contribution < 1.29 is 22.7 Å². The monoisotopic (exact) mass is 226 g/mol. The largest absolute Gasteiger partial charge is 0.484 e. The van der Waals surface area contributed by atoms with Crippen LogP contribution in [0.4, 0.5) is 4.53 Å². The first-order valence-corrected chi connectivity index (χ1v) is 5.91. The van der Waals surface area contributed by atoms with Crippen molar-refractivity contribution in [2.24, 2.45) is 0 Å². The first-order valence-electron chi connectivity index (χ1n) is 4.49. The van der Waals surface area contributed by atoms with Crippen molar-refractivity contribution in [2.45, 2.75) is 20.8 Å². The van der Waals surface area contributed by atoms with Crippen LogP contribution in [0.15, 0.2) is 12.8 Å². The van der Waals surface area contributed by atoms with Crippen LogP contribution >= 0.6 is 0 Å². The molecule has 0 amide bonds. The minimum absolute atomic E-state index is 0.677. The van der Waals surface area contributed by atoms with Gasteiger partial charge in [-0.25, -0.2) is 0 Å². The molecule has 0 saturated carbocycles. The van der Waals surface area contributed by atoms with E-state index in [0.29, 0.717) is 26.1 Å². The highest BCUT2D eigenvalue weighted by atomic mass is 28.3. The Morgan fingerprint density at radius 2 is 1.36 bits per heavy atom. The quantitative estimate of drug-likeness (QED) is 0.490. The van der Waals surface area contributed by atoms with Gasteiger partial charge >= 0.3 is 9.53 Å². The molecule has 0 aliphatic heterocycles. The fourth-order valence-electron chi connectivity index (χ4n) is 0.553. The summed E-state index contributed by atoms with van der Waals surface area (Å²) in [5.41, 5.74) is 0. The zero-order valence-electron chi connectivity index (χ0n) is 8.99. The Bertz CT molecular complexity index is 101. The maximum atomic E-state index is 10.1. The number of hydrogen-bond acceptors (Lipinski definition) is 4. The zero-order valence-corrected chi connectivity index (χ0v) is 10.1. The second kappa shape index (κ2) is 15.1. The lowest BCUT2D eigenvalue weighted by molar-refractivity contribution is -0.0611. The fourth-order valence-corrected chi connectivity index (χ4v) is 1.66. The molecule has 0 aliphatic carbocycles. The van der Waals surface area contributed by atoms with Crippen LogP contribution in [0.2, 0.25) is 0 Å². The van der Waals surface area contributed by atoms with Crippen molar-refractivity contribution in [2.75, 3.05) is 19.8 Å². The molecule has 0 radical (unpaired) electrons. The van der Waals surface area contributed by atoms with Gasteiger partial charge in [-0.3, -0.25) is 0 Å². The number of rotatable bonds is 7. The second-order valence-corrected chi connectivity index (χ2v) is 3.49. The molecule has 0 aliphatic rings. The fraction of sp³-hybridized carbons (Fsp3) is 0.750. The Morgan fingerprint density at radius 3 is 1.50 bits per heavy atom. The molecule has 0 rings (SSSR count). The van der Waals surface area contributed by atoms with Crippen LogP contribution in [0.3, 0.4) is 0 Å². The Morgan fingerprint density at radius 1 is 1.07 bits per heavy atom. The highest BCUT2D eigenvalue weighted by Crippen LogP contribution is 1.91. The highest BCUT2D eigenvalue weighted by Gasteiger charge is 2.11. The van der Waals surface area contributed by atoms with E-state index in [0.717, 1.165) is 0 Å². The Labute approximate surface area is 86.5 Å². The molecule has 0 aromatic rings. The lowest BCUT2D eigenvalue weighted by Crippen LogP contribution is -2.27. The minimum Gasteiger partial charge on any atom is -0.376 e. The third kappa shape index (κ3) is 14.1. The van der Waals surface area contributed by atoms with Gasteiger partial charge in [-0.1, -0.05) is 6.58 Å². The van der Waals surface area contributed by atoms with Gasteiger partial charge in [-0.15, -0.1) is 0 Å². The summed E-state index contributed by atoms with van der Waals surface area (Å²) in [5, 5.41) is 0. The van der Waals surface area contributed by atoms with Gasteiger partial charge in [0.25, 0.3) is 0 Å². The van der Waals surface area contributed by atoms with E-state index in [1.54, 1.807) is 0 Å². The molecule has 0 fully saturated rings. The maximum Gasteiger partial charge on any atom is 0.484 e. The molecule has 0 aromatic carbocycles. The van der Waals surface area contributed by atoms with Gasteiger partial charge in [0.05, 0.1) is 0 Å². The summed E-state index contributed by atoms with van der Waals surface area (Å²) in [6.45, 7) is 10.7. The van der Waals surface area contributed by atoms with Crippen LogP contribution in [-0.2, 0) is 18.2 Å². The number of halogens is 1. The molecule has 0 bridgehead atoms. The van der Waals surface area contributed by atoms with Crippen molar-refractivity contribution in [3.63, 3.8) is 0 Å². The standard InChI is InChI=1S/C6H16O3Si.C2H3FO/c1-4-7-10(8-5-2)9-6-3;1-2-4-3/h10H,4-6H2,1-3H3;2H,1H2. The van der Waals surface area contributed by atoms with E-state index in [1.165, 1.54) is 0 Å². The van der Waals surface area contributed by atoms with Gasteiger partial charge < -0.3 is 18.2 Å². The lowest BCUT2D eigenvalue weighted by atomic mass is 10.9. The zero-order chi connectivity index (χ0) is 11.2. The molecule has 14 heavy (non-hydrogen) atoms. The second-order valence-electron chi connectivity index (χ2n) is 1.91. The van der Waals surface area contributed by atoms with Gasteiger partial charge in [0, 0.05) is 24.3 Å². The third-order valence-corrected chi connectivity index (χ3v) is 2.79. The van der Waals surface area contributed by atoms with Crippen LogP contribution in [-0.4, -0.2) is 29.3 Å². The van der Waals surface area contributed by atoms with E-state index < -0.39 is 9.53 Å². The average Bonchev–Trinajstić information content (AvgIpc) is 2.20. The molecule has 0 N–H and O–H groups in total. The number of hydrogen-bond donors (Lipinski definition) is 0. The predicted molar refractivity (Wildman–Crippen MR) is 54.4 cm³/mol. The molecule has 86 valence electrons. The summed E-state index contributed by atoms with van der Waals surface area (Å²) in [6.07, 6.45) is 0.708. The average molecular weight is 226 g/mol. The topological polar surface area (TPSA) is 36.9 Å². The Kier molecular flexibility index (Phi) is 17.2. The van der Waals surface area contributed by atoms with Crippen LogP contribution < -0.4 is 0 Å². The summed E-state index contributed by atoms with van der Waals surface area (Å²) < 4.78 is 25.8. The third-order valence-electron chi connectivity index (χ3n) is 0.971. The summed E-state index contributed by atoms with van der Waals surface area (Å²) in [6, 6.07) is 0. The molecule has 0 atom stereocenters. The van der Waals surface area contributed by atoms with Crippen LogP contribution in [0.1, 0.15) is 20.8 Å². The normalized spacial score (nSPS) is 9.21. The Hall–Kier alpha value is -0.433. The predicted octanol–water partition coefficient (Wildman–Crippen LogP) is 1.84. The SMILES string of the molecule is C=COF.CCO[SiH](OCC)OCC. The molecule has 0 aromatic heterocycles. The summed E-state index contributed by atoms with van der Waals surface area (Å²) >= 11 is 0. The van der Waals surface area contributed by atoms with Crippen LogP contribution in [0.5, 0.6) is 0 Å². The summed E-state index contributed by atoms with van der Waals surface area (Å²) in [5.74, 6) is 0. The van der Waals surface area contributed by atoms with Crippen molar-refractivity contribution in [3.8, 4) is 0 Å². The molecule has 0 spiro atoms. The van der Waals surface area contributed by atoms with E-state index in [4.69, 9.17) is 13.3 Å². The van der Waals surface area contributed by atoms with Gasteiger partial charge in [0.2, 0.25) is 0 Å². The first kappa shape index (κ1) is 16.0. The van der Waals surface area contributed by atoms with Crippen molar-refractivity contribution in [1.29, 1.82) is 0 Å². The Balaban J connectivity index is 0. The molecular formula is C8H19FO4Si. The molecule has 4 nitrogen and oxygen atoms in total. The van der Waals surface area contributed by atoms with Gasteiger partial charge in [-0.05, 0) is 20.8 Å². The smallest absolute Gasteiger partial charge is 0.376 e. The van der Waals surface area contributed by atoms with E-state index >= 15 is 0 Å². The summed E-state index contributed by atoms with van der Waals surface area (Å²) in [4.78, 5) is 2.81. The molecule has 6 heteroatoms. The maximum absolute atomic E-state index is 10.1. The molecule has 0 saturated heterocycles. The highest BCUT2D eigenvalue weighted by molar-refractivity contribution is 6.36. The van der Waals surface area contributed by atoms with Gasteiger partial charge in [-0.2, -0.15) is 0 Å². The molecular weight excluding hydrogens is 207 g/mol. The van der Waals surface area contributed by atoms with Crippen molar-refractivity contribution in [1.82, 2.24) is 0 Å². The summed E-state index contributed by atoms with van der Waals surface area (Å²) in [7, 11) is -1.73. The van der Waals surface area contributed by atoms with Crippen molar-refractivity contribution >= 4 is 9.53 Å². The lowest BCUT2D eigenvalue weighted by Gasteiger charge is -2.12. The van der Waals surface area contributed by atoms with E-state index in [1.807, 2.05) is 20.8 Å².